The summed E-state index contributed by atoms with van der Waals surface area (Å²) in [5.41, 5.74) is 13.7. The van der Waals surface area contributed by atoms with Crippen molar-refractivity contribution in [2.75, 3.05) is 11.5 Å². The molecule has 0 saturated heterocycles. The number of phenols is 1. The summed E-state index contributed by atoms with van der Waals surface area (Å²) in [6.45, 7) is 0. The van der Waals surface area contributed by atoms with Crippen LogP contribution in [0.2, 0.25) is 0 Å². The van der Waals surface area contributed by atoms with Gasteiger partial charge in [0.05, 0.1) is 5.69 Å². The molecule has 0 aliphatic heterocycles. The molecule has 3 aromatic carbocycles. The van der Waals surface area contributed by atoms with Crippen LogP contribution in [0, 0.1) is 0 Å². The molecule has 0 aliphatic rings. The molecule has 0 fully saturated rings. The van der Waals surface area contributed by atoms with Crippen molar-refractivity contribution in [3.63, 3.8) is 0 Å². The second-order valence-corrected chi connectivity index (χ2v) is 4.71. The quantitative estimate of drug-likeness (QED) is 0.485. The highest BCUT2D eigenvalue weighted by atomic mass is 16.3. The maximum Gasteiger partial charge on any atom is 0.143 e. The van der Waals surface area contributed by atoms with Crippen LogP contribution in [0.25, 0.3) is 10.8 Å². The number of nitrogen functional groups attached to an aromatic ring is 2. The zero-order valence-electron chi connectivity index (χ0n) is 11.2. The second-order valence-electron chi connectivity index (χ2n) is 4.71. The maximum atomic E-state index is 10.0. The molecule has 0 atom stereocenters. The average molecular weight is 278 g/mol. The van der Waals surface area contributed by atoms with E-state index in [2.05, 4.69) is 10.2 Å². The van der Waals surface area contributed by atoms with Crippen molar-refractivity contribution >= 4 is 33.5 Å². The lowest BCUT2D eigenvalue weighted by atomic mass is 10.1. The van der Waals surface area contributed by atoms with E-state index in [1.54, 1.807) is 42.5 Å². The first kappa shape index (κ1) is 12.9. The third-order valence-electron chi connectivity index (χ3n) is 3.15. The largest absolute Gasteiger partial charge is 0.506 e. The van der Waals surface area contributed by atoms with Crippen molar-refractivity contribution in [2.24, 2.45) is 10.2 Å². The highest BCUT2D eigenvalue weighted by Crippen LogP contribution is 2.36. The molecule has 3 aromatic rings. The third-order valence-corrected chi connectivity index (χ3v) is 3.15. The van der Waals surface area contributed by atoms with Gasteiger partial charge in [-0.1, -0.05) is 12.1 Å². The number of phenolic OH excluding ortho intramolecular Hbond substituents is 1. The summed E-state index contributed by atoms with van der Waals surface area (Å²) < 4.78 is 0. The first-order valence-corrected chi connectivity index (χ1v) is 6.42. The first-order valence-electron chi connectivity index (χ1n) is 6.42. The lowest BCUT2D eigenvalue weighted by Crippen LogP contribution is -1.84. The van der Waals surface area contributed by atoms with Gasteiger partial charge < -0.3 is 16.6 Å². The molecule has 0 radical (unpaired) electrons. The van der Waals surface area contributed by atoms with Crippen molar-refractivity contribution < 1.29 is 5.11 Å². The van der Waals surface area contributed by atoms with Crippen LogP contribution >= 0.6 is 0 Å². The lowest BCUT2D eigenvalue weighted by Gasteiger charge is -2.05. The average Bonchev–Trinajstić information content (AvgIpc) is 2.48. The van der Waals surface area contributed by atoms with Crippen LogP contribution in [0.4, 0.5) is 22.7 Å². The number of hydrogen-bond acceptors (Lipinski definition) is 5. The van der Waals surface area contributed by atoms with Crippen LogP contribution in [-0.4, -0.2) is 5.11 Å². The minimum absolute atomic E-state index is 0.0623. The Bertz CT molecular complexity index is 820. The molecule has 3 rings (SSSR count). The molecular formula is C16H14N4O. The molecule has 5 N–H and O–H groups in total. The molecule has 21 heavy (non-hydrogen) atoms. The van der Waals surface area contributed by atoms with E-state index in [1.807, 2.05) is 12.1 Å². The van der Waals surface area contributed by atoms with Crippen LogP contribution in [-0.2, 0) is 0 Å². The van der Waals surface area contributed by atoms with Crippen molar-refractivity contribution in [1.82, 2.24) is 0 Å². The molecule has 104 valence electrons. The maximum absolute atomic E-state index is 10.0. The zero-order valence-corrected chi connectivity index (χ0v) is 11.2. The van der Waals surface area contributed by atoms with Crippen LogP contribution in [0.3, 0.4) is 0 Å². The molecule has 0 bridgehead atoms. The van der Waals surface area contributed by atoms with Crippen LogP contribution in [0.5, 0.6) is 5.75 Å². The third kappa shape index (κ3) is 2.62. The first-order chi connectivity index (χ1) is 10.1. The topological polar surface area (TPSA) is 97.0 Å². The van der Waals surface area contributed by atoms with Gasteiger partial charge in [-0.15, -0.1) is 5.11 Å². The minimum Gasteiger partial charge on any atom is -0.506 e. The highest BCUT2D eigenvalue weighted by Gasteiger charge is 2.06. The molecule has 0 unspecified atom stereocenters. The van der Waals surface area contributed by atoms with E-state index in [4.69, 9.17) is 11.5 Å². The molecule has 0 heterocycles. The molecule has 0 saturated carbocycles. The predicted octanol–water partition coefficient (Wildman–Crippen LogP) is 4.13. The van der Waals surface area contributed by atoms with Crippen molar-refractivity contribution in [3.05, 3.63) is 54.6 Å². The Hall–Kier alpha value is -3.08. The molecular weight excluding hydrogens is 264 g/mol. The SMILES string of the molecule is Nc1ccc(N=Nc2c(O)ccc3ccc(N)cc23)cc1. The summed E-state index contributed by atoms with van der Waals surface area (Å²) in [7, 11) is 0. The van der Waals surface area contributed by atoms with Gasteiger partial charge in [0.25, 0.3) is 0 Å². The van der Waals surface area contributed by atoms with E-state index >= 15 is 0 Å². The Labute approximate surface area is 121 Å². The fourth-order valence-corrected chi connectivity index (χ4v) is 2.06. The summed E-state index contributed by atoms with van der Waals surface area (Å²) in [6, 6.07) is 15.9. The number of aromatic hydroxyl groups is 1. The van der Waals surface area contributed by atoms with Crippen molar-refractivity contribution in [1.29, 1.82) is 0 Å². The normalized spacial score (nSPS) is 11.2. The van der Waals surface area contributed by atoms with Gasteiger partial charge in [-0.3, -0.25) is 0 Å². The predicted molar refractivity (Wildman–Crippen MR) is 85.1 cm³/mol. The van der Waals surface area contributed by atoms with Crippen molar-refractivity contribution in [3.8, 4) is 5.75 Å². The molecule has 5 heteroatoms. The number of benzene rings is 3. The molecule has 5 nitrogen and oxygen atoms in total. The van der Waals surface area contributed by atoms with Gasteiger partial charge in [0.15, 0.2) is 0 Å². The Kier molecular flexibility index (Phi) is 3.16. The van der Waals surface area contributed by atoms with Gasteiger partial charge in [0, 0.05) is 16.8 Å². The van der Waals surface area contributed by atoms with E-state index in [9.17, 15) is 5.11 Å². The van der Waals surface area contributed by atoms with E-state index in [0.717, 1.165) is 10.8 Å². The molecule has 0 spiro atoms. The fourth-order valence-electron chi connectivity index (χ4n) is 2.06. The number of nitrogens with two attached hydrogens (primary N) is 2. The lowest BCUT2D eigenvalue weighted by molar-refractivity contribution is 0.477. The number of fused-ring (bicyclic) bond motifs is 1. The zero-order chi connectivity index (χ0) is 14.8. The smallest absolute Gasteiger partial charge is 0.143 e. The van der Waals surface area contributed by atoms with Crippen LogP contribution in [0.1, 0.15) is 0 Å². The number of rotatable bonds is 2. The van der Waals surface area contributed by atoms with Crippen LogP contribution < -0.4 is 11.5 Å². The van der Waals surface area contributed by atoms with E-state index in [0.29, 0.717) is 22.7 Å². The Morgan fingerprint density at radius 3 is 2.19 bits per heavy atom. The van der Waals surface area contributed by atoms with Gasteiger partial charge in [-0.25, -0.2) is 0 Å². The van der Waals surface area contributed by atoms with E-state index in [1.165, 1.54) is 0 Å². The summed E-state index contributed by atoms with van der Waals surface area (Å²) in [4.78, 5) is 0. The van der Waals surface area contributed by atoms with Gasteiger partial charge in [0.2, 0.25) is 0 Å². The molecule has 0 aromatic heterocycles. The number of hydrogen-bond donors (Lipinski definition) is 3. The highest BCUT2D eigenvalue weighted by molar-refractivity contribution is 5.97. The van der Waals surface area contributed by atoms with E-state index < -0.39 is 0 Å². The standard InChI is InChI=1S/C16H14N4O/c17-11-4-6-13(7-5-11)19-20-16-14-9-12(18)3-1-10(14)2-8-15(16)21/h1-9,21H,17-18H2. The minimum atomic E-state index is 0.0623. The Balaban J connectivity index is 2.09. The summed E-state index contributed by atoms with van der Waals surface area (Å²) >= 11 is 0. The van der Waals surface area contributed by atoms with E-state index in [-0.39, 0.29) is 5.75 Å². The molecule has 0 aliphatic carbocycles. The Morgan fingerprint density at radius 1 is 0.762 bits per heavy atom. The number of anilines is 2. The van der Waals surface area contributed by atoms with Crippen molar-refractivity contribution in [2.45, 2.75) is 0 Å². The number of nitrogens with zero attached hydrogens (tertiary/aromatic N) is 2. The number of azo groups is 1. The summed E-state index contributed by atoms with van der Waals surface area (Å²) in [6.07, 6.45) is 0. The Morgan fingerprint density at radius 2 is 1.43 bits per heavy atom. The monoisotopic (exact) mass is 278 g/mol. The van der Waals surface area contributed by atoms with Gasteiger partial charge in [-0.2, -0.15) is 5.11 Å². The van der Waals surface area contributed by atoms with Crippen LogP contribution in [0.15, 0.2) is 64.8 Å². The summed E-state index contributed by atoms with van der Waals surface area (Å²) in [5.74, 6) is 0.0623. The van der Waals surface area contributed by atoms with Gasteiger partial charge in [0.1, 0.15) is 11.4 Å². The second kappa shape index (κ2) is 5.13. The summed E-state index contributed by atoms with van der Waals surface area (Å²) in [5, 5.41) is 20.0. The van der Waals surface area contributed by atoms with Gasteiger partial charge in [-0.05, 0) is 47.9 Å². The molecule has 0 amide bonds. The fraction of sp³-hybridized carbons (Fsp3) is 0. The van der Waals surface area contributed by atoms with Gasteiger partial charge >= 0.3 is 0 Å².